The molecule has 1 fully saturated rings. The van der Waals surface area contributed by atoms with Gasteiger partial charge in [-0.2, -0.15) is 0 Å². The second-order valence-electron chi connectivity index (χ2n) is 4.49. The summed E-state index contributed by atoms with van der Waals surface area (Å²) in [5.74, 6) is 0.372. The molecule has 1 aromatic rings. The van der Waals surface area contributed by atoms with Crippen LogP contribution < -0.4 is 0 Å². The topological polar surface area (TPSA) is 23.5 Å². The Morgan fingerprint density at radius 3 is 3.00 bits per heavy atom. The van der Waals surface area contributed by atoms with Crippen LogP contribution in [0.4, 0.5) is 0 Å². The number of phenolic OH excluding ortho intramolecular Hbond substituents is 1. The Bertz CT molecular complexity index is 324. The van der Waals surface area contributed by atoms with Crippen LogP contribution in [0.25, 0.3) is 0 Å². The zero-order valence-corrected chi connectivity index (χ0v) is 9.32. The highest BCUT2D eigenvalue weighted by Crippen LogP contribution is 2.20. The maximum atomic E-state index is 9.39. The fourth-order valence-electron chi connectivity index (χ4n) is 2.28. The lowest BCUT2D eigenvalue weighted by molar-refractivity contribution is 0.152. The lowest BCUT2D eigenvalue weighted by atomic mass is 10.0. The van der Waals surface area contributed by atoms with Gasteiger partial charge in [0, 0.05) is 12.6 Å². The summed E-state index contributed by atoms with van der Waals surface area (Å²) in [5.41, 5.74) is 1.21. The van der Waals surface area contributed by atoms with Gasteiger partial charge in [-0.25, -0.2) is 0 Å². The molecule has 0 bridgehead atoms. The smallest absolute Gasteiger partial charge is 0.115 e. The fraction of sp³-hybridized carbons (Fsp3) is 0.538. The summed E-state index contributed by atoms with van der Waals surface area (Å²) in [6.45, 7) is 4.45. The van der Waals surface area contributed by atoms with E-state index in [0.29, 0.717) is 11.8 Å². The van der Waals surface area contributed by atoms with Gasteiger partial charge >= 0.3 is 0 Å². The number of benzene rings is 1. The SMILES string of the molecule is C[C@@H]1CCCCN1Cc1cccc(O)c1. The van der Waals surface area contributed by atoms with E-state index in [4.69, 9.17) is 0 Å². The van der Waals surface area contributed by atoms with Crippen molar-refractivity contribution in [3.05, 3.63) is 29.8 Å². The minimum atomic E-state index is 0.372. The number of rotatable bonds is 2. The van der Waals surface area contributed by atoms with Crippen molar-refractivity contribution in [3.63, 3.8) is 0 Å². The van der Waals surface area contributed by atoms with Crippen LogP contribution in [-0.4, -0.2) is 22.6 Å². The molecule has 1 aromatic carbocycles. The van der Waals surface area contributed by atoms with Crippen molar-refractivity contribution in [2.45, 2.75) is 38.8 Å². The highest BCUT2D eigenvalue weighted by molar-refractivity contribution is 5.27. The Morgan fingerprint density at radius 2 is 2.27 bits per heavy atom. The second-order valence-corrected chi connectivity index (χ2v) is 4.49. The van der Waals surface area contributed by atoms with E-state index in [-0.39, 0.29) is 0 Å². The van der Waals surface area contributed by atoms with Crippen LogP contribution in [0, 0.1) is 0 Å². The number of aromatic hydroxyl groups is 1. The Kier molecular flexibility index (Phi) is 3.27. The van der Waals surface area contributed by atoms with Gasteiger partial charge in [0.05, 0.1) is 0 Å². The number of hydrogen-bond acceptors (Lipinski definition) is 2. The molecular formula is C13H19NO. The van der Waals surface area contributed by atoms with E-state index < -0.39 is 0 Å². The minimum Gasteiger partial charge on any atom is -0.508 e. The van der Waals surface area contributed by atoms with Crippen LogP contribution in [0.3, 0.4) is 0 Å². The molecule has 0 aliphatic carbocycles. The molecule has 82 valence electrons. The van der Waals surface area contributed by atoms with Gasteiger partial charge in [0.1, 0.15) is 5.75 Å². The van der Waals surface area contributed by atoms with E-state index in [0.717, 1.165) is 6.54 Å². The lowest BCUT2D eigenvalue weighted by Crippen LogP contribution is -2.36. The van der Waals surface area contributed by atoms with E-state index in [1.165, 1.54) is 31.4 Å². The number of hydrogen-bond donors (Lipinski definition) is 1. The second kappa shape index (κ2) is 4.67. The first kappa shape index (κ1) is 10.5. The third kappa shape index (κ3) is 2.72. The van der Waals surface area contributed by atoms with E-state index in [1.807, 2.05) is 12.1 Å². The summed E-state index contributed by atoms with van der Waals surface area (Å²) >= 11 is 0. The summed E-state index contributed by atoms with van der Waals surface area (Å²) in [7, 11) is 0. The first-order valence-corrected chi connectivity index (χ1v) is 5.77. The number of nitrogens with zero attached hydrogens (tertiary/aromatic N) is 1. The van der Waals surface area contributed by atoms with Crippen molar-refractivity contribution in [2.75, 3.05) is 6.54 Å². The van der Waals surface area contributed by atoms with Gasteiger partial charge in [-0.3, -0.25) is 4.90 Å². The predicted molar refractivity (Wildman–Crippen MR) is 61.8 cm³/mol. The standard InChI is InChI=1S/C13H19NO/c1-11-5-2-3-8-14(11)10-12-6-4-7-13(15)9-12/h4,6-7,9,11,15H,2-3,5,8,10H2,1H3/t11-/m1/s1. The molecule has 0 saturated carbocycles. The van der Waals surface area contributed by atoms with E-state index >= 15 is 0 Å². The van der Waals surface area contributed by atoms with Crippen LogP contribution in [0.2, 0.25) is 0 Å². The molecule has 0 radical (unpaired) electrons. The Labute approximate surface area is 91.5 Å². The third-order valence-electron chi connectivity index (χ3n) is 3.24. The minimum absolute atomic E-state index is 0.372. The number of phenols is 1. The van der Waals surface area contributed by atoms with Crippen molar-refractivity contribution in [3.8, 4) is 5.75 Å². The molecule has 1 atom stereocenters. The van der Waals surface area contributed by atoms with Crippen LogP contribution >= 0.6 is 0 Å². The van der Waals surface area contributed by atoms with Crippen molar-refractivity contribution in [1.29, 1.82) is 0 Å². The molecule has 0 spiro atoms. The maximum Gasteiger partial charge on any atom is 0.115 e. The molecule has 15 heavy (non-hydrogen) atoms. The largest absolute Gasteiger partial charge is 0.508 e. The van der Waals surface area contributed by atoms with Crippen molar-refractivity contribution < 1.29 is 5.11 Å². The van der Waals surface area contributed by atoms with Crippen molar-refractivity contribution in [2.24, 2.45) is 0 Å². The molecule has 1 saturated heterocycles. The highest BCUT2D eigenvalue weighted by Gasteiger charge is 2.17. The van der Waals surface area contributed by atoms with Gasteiger partial charge < -0.3 is 5.11 Å². The first-order chi connectivity index (χ1) is 7.25. The lowest BCUT2D eigenvalue weighted by Gasteiger charge is -2.33. The van der Waals surface area contributed by atoms with Gasteiger partial charge in [-0.05, 0) is 44.0 Å². The van der Waals surface area contributed by atoms with Gasteiger partial charge in [0.15, 0.2) is 0 Å². The Hall–Kier alpha value is -1.02. The van der Waals surface area contributed by atoms with E-state index in [2.05, 4.69) is 17.9 Å². The third-order valence-corrected chi connectivity index (χ3v) is 3.24. The molecule has 0 aromatic heterocycles. The molecule has 1 heterocycles. The first-order valence-electron chi connectivity index (χ1n) is 5.77. The van der Waals surface area contributed by atoms with E-state index in [1.54, 1.807) is 6.07 Å². The molecule has 2 nitrogen and oxygen atoms in total. The molecule has 2 heteroatoms. The average Bonchev–Trinajstić information content (AvgIpc) is 2.22. The van der Waals surface area contributed by atoms with Gasteiger partial charge in [-0.15, -0.1) is 0 Å². The zero-order chi connectivity index (χ0) is 10.7. The van der Waals surface area contributed by atoms with Crippen molar-refractivity contribution in [1.82, 2.24) is 4.90 Å². The molecule has 0 unspecified atom stereocenters. The Morgan fingerprint density at radius 1 is 1.40 bits per heavy atom. The van der Waals surface area contributed by atoms with Gasteiger partial charge in [0.2, 0.25) is 0 Å². The fourth-order valence-corrected chi connectivity index (χ4v) is 2.28. The van der Waals surface area contributed by atoms with Gasteiger partial charge in [-0.1, -0.05) is 18.6 Å². The monoisotopic (exact) mass is 205 g/mol. The summed E-state index contributed by atoms with van der Waals surface area (Å²) in [5, 5.41) is 9.39. The average molecular weight is 205 g/mol. The summed E-state index contributed by atoms with van der Waals surface area (Å²) < 4.78 is 0. The quantitative estimate of drug-likeness (QED) is 0.802. The highest BCUT2D eigenvalue weighted by atomic mass is 16.3. The zero-order valence-electron chi connectivity index (χ0n) is 9.32. The molecular weight excluding hydrogens is 186 g/mol. The molecule has 0 amide bonds. The normalized spacial score (nSPS) is 22.9. The maximum absolute atomic E-state index is 9.39. The molecule has 1 aliphatic rings. The van der Waals surface area contributed by atoms with Crippen LogP contribution in [0.5, 0.6) is 5.75 Å². The van der Waals surface area contributed by atoms with E-state index in [9.17, 15) is 5.11 Å². The van der Waals surface area contributed by atoms with Gasteiger partial charge in [0.25, 0.3) is 0 Å². The van der Waals surface area contributed by atoms with Crippen LogP contribution in [0.15, 0.2) is 24.3 Å². The molecule has 2 rings (SSSR count). The molecule has 1 aliphatic heterocycles. The summed E-state index contributed by atoms with van der Waals surface area (Å²) in [6.07, 6.45) is 3.97. The Balaban J connectivity index is 2.01. The van der Waals surface area contributed by atoms with Crippen LogP contribution in [0.1, 0.15) is 31.7 Å². The predicted octanol–water partition coefficient (Wildman–Crippen LogP) is 2.77. The van der Waals surface area contributed by atoms with Crippen LogP contribution in [-0.2, 0) is 6.54 Å². The molecule has 1 N–H and O–H groups in total. The number of piperidine rings is 1. The number of likely N-dealkylation sites (tertiary alicyclic amines) is 1. The summed E-state index contributed by atoms with van der Waals surface area (Å²) in [6, 6.07) is 8.27. The van der Waals surface area contributed by atoms with Crippen molar-refractivity contribution >= 4 is 0 Å². The summed E-state index contributed by atoms with van der Waals surface area (Å²) in [4.78, 5) is 2.50.